The molecule has 0 radical (unpaired) electrons. The minimum absolute atomic E-state index is 1.12. The van der Waals surface area contributed by atoms with Crippen LogP contribution in [0.5, 0.6) is 0 Å². The van der Waals surface area contributed by atoms with Crippen molar-refractivity contribution in [2.75, 3.05) is 0 Å². The molecule has 4 nitrogen and oxygen atoms in total. The number of nitrogens with zero attached hydrogens (tertiary/aromatic N) is 4. The van der Waals surface area contributed by atoms with Gasteiger partial charge in [-0.3, -0.25) is 0 Å². The van der Waals surface area contributed by atoms with E-state index in [1.54, 1.807) is 0 Å². The maximum atomic E-state index is 2.48. The van der Waals surface area contributed by atoms with E-state index in [-0.39, 0.29) is 0 Å². The lowest BCUT2D eigenvalue weighted by molar-refractivity contribution is 1.05. The van der Waals surface area contributed by atoms with Gasteiger partial charge in [0.1, 0.15) is 0 Å². The van der Waals surface area contributed by atoms with Gasteiger partial charge >= 0.3 is 0 Å². The standard InChI is InChI=1S/C54H38N4/c1-35-41-21-9-13-25-47(41)55(37-17-5-3-6-18-37)51(35)52-36(2)42-22-10-14-26-48(42)56(52)39-29-31-40(32-30-39)58-50-28-16-12-24-44(50)46-34-33-45-43-23-11-15-27-49(43)57(53(45)54(46)58)38-19-7-4-8-20-38/h3-34H,1-2H3. The number of para-hydroxylation sites is 6. The second-order valence-corrected chi connectivity index (χ2v) is 15.4. The third-order valence-corrected chi connectivity index (χ3v) is 12.3. The molecule has 274 valence electrons. The predicted octanol–water partition coefficient (Wildman–Crippen LogP) is 14.1. The van der Waals surface area contributed by atoms with Gasteiger partial charge in [-0.25, -0.2) is 0 Å². The van der Waals surface area contributed by atoms with Crippen molar-refractivity contribution in [2.45, 2.75) is 13.8 Å². The van der Waals surface area contributed by atoms with E-state index in [0.29, 0.717) is 0 Å². The van der Waals surface area contributed by atoms with E-state index in [1.807, 2.05) is 0 Å². The molecule has 0 saturated carbocycles. The van der Waals surface area contributed by atoms with E-state index >= 15 is 0 Å². The molecule has 0 unspecified atom stereocenters. The van der Waals surface area contributed by atoms with E-state index in [1.165, 1.54) is 87.9 Å². The Morgan fingerprint density at radius 1 is 0.241 bits per heavy atom. The topological polar surface area (TPSA) is 19.7 Å². The van der Waals surface area contributed by atoms with Gasteiger partial charge in [0.25, 0.3) is 0 Å². The highest BCUT2D eigenvalue weighted by Gasteiger charge is 2.26. The van der Waals surface area contributed by atoms with Gasteiger partial charge in [0.05, 0.1) is 44.5 Å². The minimum atomic E-state index is 1.12. The third kappa shape index (κ3) is 4.51. The van der Waals surface area contributed by atoms with Crippen LogP contribution >= 0.6 is 0 Å². The number of hydrogen-bond donors (Lipinski definition) is 0. The minimum Gasteiger partial charge on any atom is -0.307 e. The fraction of sp³-hybridized carbons (Fsp3) is 0.0370. The van der Waals surface area contributed by atoms with Crippen LogP contribution in [-0.2, 0) is 0 Å². The first kappa shape index (κ1) is 32.7. The highest BCUT2D eigenvalue weighted by Crippen LogP contribution is 2.44. The average molecular weight is 743 g/mol. The lowest BCUT2D eigenvalue weighted by Crippen LogP contribution is -2.04. The second-order valence-electron chi connectivity index (χ2n) is 15.4. The number of aromatic nitrogens is 4. The Balaban J connectivity index is 1.14. The van der Waals surface area contributed by atoms with Crippen LogP contribution in [0.25, 0.3) is 99.6 Å². The molecule has 4 heteroatoms. The van der Waals surface area contributed by atoms with E-state index in [4.69, 9.17) is 0 Å². The van der Waals surface area contributed by atoms with Crippen molar-refractivity contribution < 1.29 is 0 Å². The Morgan fingerprint density at radius 3 is 0.948 bits per heavy atom. The lowest BCUT2D eigenvalue weighted by atomic mass is 10.1. The fourth-order valence-corrected chi connectivity index (χ4v) is 9.85. The van der Waals surface area contributed by atoms with Gasteiger partial charge in [-0.05, 0) is 97.8 Å². The zero-order chi connectivity index (χ0) is 38.5. The van der Waals surface area contributed by atoms with Gasteiger partial charge in [-0.1, -0.05) is 121 Å². The van der Waals surface area contributed by atoms with Gasteiger partial charge in [-0.15, -0.1) is 0 Å². The lowest BCUT2D eigenvalue weighted by Gasteiger charge is -2.17. The summed E-state index contributed by atoms with van der Waals surface area (Å²) in [5.41, 5.74) is 16.7. The molecular weight excluding hydrogens is 705 g/mol. The maximum absolute atomic E-state index is 2.48. The molecule has 0 saturated heterocycles. The molecule has 0 N–H and O–H groups in total. The van der Waals surface area contributed by atoms with Crippen LogP contribution in [0.1, 0.15) is 11.1 Å². The van der Waals surface area contributed by atoms with Crippen LogP contribution in [0.3, 0.4) is 0 Å². The number of benzene rings is 8. The molecular formula is C54H38N4. The molecule has 0 spiro atoms. The number of fused-ring (bicyclic) bond motifs is 9. The zero-order valence-electron chi connectivity index (χ0n) is 32.3. The summed E-state index contributed by atoms with van der Waals surface area (Å²) in [5.74, 6) is 0. The highest BCUT2D eigenvalue weighted by atomic mass is 15.1. The third-order valence-electron chi connectivity index (χ3n) is 12.3. The van der Waals surface area contributed by atoms with Crippen molar-refractivity contribution in [3.8, 4) is 34.1 Å². The molecule has 0 fully saturated rings. The molecule has 12 rings (SSSR count). The Bertz CT molecular complexity index is 3560. The Hall–Kier alpha value is -7.56. The molecule has 0 aliphatic rings. The largest absolute Gasteiger partial charge is 0.307 e. The molecule has 12 aromatic rings. The van der Waals surface area contributed by atoms with Crippen LogP contribution < -0.4 is 0 Å². The second kappa shape index (κ2) is 12.5. The maximum Gasteiger partial charge on any atom is 0.0788 e. The molecule has 0 bridgehead atoms. The van der Waals surface area contributed by atoms with Crippen LogP contribution in [0.15, 0.2) is 194 Å². The van der Waals surface area contributed by atoms with E-state index in [0.717, 1.165) is 22.7 Å². The summed E-state index contributed by atoms with van der Waals surface area (Å²) >= 11 is 0. The quantitative estimate of drug-likeness (QED) is 0.167. The van der Waals surface area contributed by atoms with Gasteiger partial charge in [-0.2, -0.15) is 0 Å². The monoisotopic (exact) mass is 742 g/mol. The molecule has 4 aromatic heterocycles. The molecule has 0 atom stereocenters. The van der Waals surface area contributed by atoms with Crippen molar-refractivity contribution in [1.82, 2.24) is 18.3 Å². The first-order valence-corrected chi connectivity index (χ1v) is 20.0. The van der Waals surface area contributed by atoms with E-state index < -0.39 is 0 Å². The first-order valence-electron chi connectivity index (χ1n) is 20.0. The Labute approximate surface area is 335 Å². The normalized spacial score (nSPS) is 12.0. The summed E-state index contributed by atoms with van der Waals surface area (Å²) in [6.45, 7) is 4.56. The Kier molecular flexibility index (Phi) is 7.02. The van der Waals surface area contributed by atoms with Gasteiger partial charge < -0.3 is 18.3 Å². The Morgan fingerprint density at radius 2 is 0.534 bits per heavy atom. The number of rotatable bonds is 5. The fourth-order valence-electron chi connectivity index (χ4n) is 9.85. The molecule has 58 heavy (non-hydrogen) atoms. The van der Waals surface area contributed by atoms with E-state index in [9.17, 15) is 0 Å². The number of hydrogen-bond acceptors (Lipinski definition) is 0. The summed E-state index contributed by atoms with van der Waals surface area (Å²) in [6.07, 6.45) is 0. The average Bonchev–Trinajstić information content (AvgIpc) is 3.99. The van der Waals surface area contributed by atoms with Crippen molar-refractivity contribution >= 4 is 65.4 Å². The molecule has 0 aliphatic carbocycles. The van der Waals surface area contributed by atoms with E-state index in [2.05, 4.69) is 226 Å². The first-order chi connectivity index (χ1) is 28.7. The van der Waals surface area contributed by atoms with Gasteiger partial charge in [0.15, 0.2) is 0 Å². The molecule has 8 aromatic carbocycles. The summed E-state index contributed by atoms with van der Waals surface area (Å²) < 4.78 is 9.86. The zero-order valence-corrected chi connectivity index (χ0v) is 32.3. The van der Waals surface area contributed by atoms with Crippen molar-refractivity contribution in [2.24, 2.45) is 0 Å². The molecule has 0 amide bonds. The van der Waals surface area contributed by atoms with Crippen LogP contribution in [0, 0.1) is 13.8 Å². The van der Waals surface area contributed by atoms with Gasteiger partial charge in [0.2, 0.25) is 0 Å². The van der Waals surface area contributed by atoms with Crippen LogP contribution in [0.4, 0.5) is 0 Å². The van der Waals surface area contributed by atoms with Crippen molar-refractivity contribution in [3.63, 3.8) is 0 Å². The molecule has 0 aliphatic heterocycles. The van der Waals surface area contributed by atoms with Crippen molar-refractivity contribution in [1.29, 1.82) is 0 Å². The number of aryl methyl sites for hydroxylation is 2. The smallest absolute Gasteiger partial charge is 0.0788 e. The summed E-state index contributed by atoms with van der Waals surface area (Å²) in [7, 11) is 0. The molecule has 4 heterocycles. The van der Waals surface area contributed by atoms with Crippen LogP contribution in [0.2, 0.25) is 0 Å². The highest BCUT2D eigenvalue weighted by molar-refractivity contribution is 6.23. The van der Waals surface area contributed by atoms with Crippen molar-refractivity contribution in [3.05, 3.63) is 205 Å². The van der Waals surface area contributed by atoms with Gasteiger partial charge in [0, 0.05) is 55.1 Å². The summed E-state index contributed by atoms with van der Waals surface area (Å²) in [5, 5.41) is 7.50. The summed E-state index contributed by atoms with van der Waals surface area (Å²) in [4.78, 5) is 0. The van der Waals surface area contributed by atoms with Crippen LogP contribution in [-0.4, -0.2) is 18.3 Å². The SMILES string of the molecule is Cc1c(-c2c(C)c3ccccc3n2-c2ccc(-n3c4ccccc4c4ccc5c6ccccc6n(-c6ccccc6)c5c43)cc2)n(-c2ccccc2)c2ccccc12. The summed E-state index contributed by atoms with van der Waals surface area (Å²) in [6, 6.07) is 70.7. The predicted molar refractivity (Wildman–Crippen MR) is 244 cm³/mol.